The highest BCUT2D eigenvalue weighted by Crippen LogP contribution is 2.29. The molecule has 0 aliphatic rings. The van der Waals surface area contributed by atoms with Gasteiger partial charge in [0.25, 0.3) is 0 Å². The smallest absolute Gasteiger partial charge is 0.123 e. The fourth-order valence-electron chi connectivity index (χ4n) is 1.34. The normalized spacial score (nSPS) is 13.3. The second-order valence-electron chi connectivity index (χ2n) is 3.26. The monoisotopic (exact) mass is 242 g/mol. The number of nitrogens with zero attached hydrogens (tertiary/aromatic N) is 1. The lowest BCUT2D eigenvalue weighted by Gasteiger charge is -2.03. The molecule has 0 saturated carbocycles. The fourth-order valence-corrected chi connectivity index (χ4v) is 2.48. The lowest BCUT2D eigenvalue weighted by atomic mass is 10.2. The number of benzene rings is 1. The Kier molecular flexibility index (Phi) is 3.21. The Labute approximate surface area is 96.5 Å². The zero-order valence-corrected chi connectivity index (χ0v) is 9.55. The van der Waals surface area contributed by atoms with Gasteiger partial charge in [0.05, 0.1) is 10.2 Å². The van der Waals surface area contributed by atoms with Crippen molar-refractivity contribution in [3.05, 3.63) is 28.2 Å². The number of nitrogens with two attached hydrogens (primary N) is 1. The molecule has 2 rings (SSSR count). The zero-order valence-electron chi connectivity index (χ0n) is 7.98. The van der Waals surface area contributed by atoms with Crippen LogP contribution in [-0.4, -0.2) is 16.6 Å². The van der Waals surface area contributed by atoms with Crippen molar-refractivity contribution in [3.8, 4) is 0 Å². The molecule has 3 nitrogen and oxygen atoms in total. The maximum atomic E-state index is 9.73. The van der Waals surface area contributed by atoms with Crippen LogP contribution in [0.2, 0.25) is 5.02 Å². The molecule has 15 heavy (non-hydrogen) atoms. The fraction of sp³-hybridized carbons (Fsp3) is 0.300. The van der Waals surface area contributed by atoms with Gasteiger partial charge < -0.3 is 10.8 Å². The Morgan fingerprint density at radius 3 is 3.07 bits per heavy atom. The van der Waals surface area contributed by atoms with Crippen LogP contribution in [0.25, 0.3) is 10.2 Å². The molecule has 5 heteroatoms. The molecule has 0 saturated heterocycles. The first-order chi connectivity index (χ1) is 7.20. The topological polar surface area (TPSA) is 59.1 Å². The second kappa shape index (κ2) is 4.45. The van der Waals surface area contributed by atoms with Crippen molar-refractivity contribution in [1.82, 2.24) is 4.98 Å². The van der Waals surface area contributed by atoms with Crippen LogP contribution < -0.4 is 5.73 Å². The molecule has 1 unspecified atom stereocenters. The van der Waals surface area contributed by atoms with Gasteiger partial charge in [-0.05, 0) is 31.2 Å². The summed E-state index contributed by atoms with van der Waals surface area (Å²) in [6.45, 7) is 0.456. The summed E-state index contributed by atoms with van der Waals surface area (Å²) in [5, 5.41) is 11.1. The van der Waals surface area contributed by atoms with Crippen molar-refractivity contribution < 1.29 is 5.11 Å². The lowest BCUT2D eigenvalue weighted by Crippen LogP contribution is -2.06. The largest absolute Gasteiger partial charge is 0.386 e. The predicted molar refractivity (Wildman–Crippen MR) is 63.3 cm³/mol. The van der Waals surface area contributed by atoms with Gasteiger partial charge in [-0.3, -0.25) is 0 Å². The van der Waals surface area contributed by atoms with E-state index >= 15 is 0 Å². The van der Waals surface area contributed by atoms with E-state index in [4.69, 9.17) is 17.3 Å². The van der Waals surface area contributed by atoms with Gasteiger partial charge in [0.2, 0.25) is 0 Å². The Morgan fingerprint density at radius 2 is 2.33 bits per heavy atom. The maximum Gasteiger partial charge on any atom is 0.123 e. The van der Waals surface area contributed by atoms with Crippen LogP contribution in [0.4, 0.5) is 0 Å². The SMILES string of the molecule is NCCC(O)c1nc2cc(Cl)ccc2s1. The molecule has 0 amide bonds. The number of rotatable bonds is 3. The van der Waals surface area contributed by atoms with E-state index in [0.29, 0.717) is 23.0 Å². The summed E-state index contributed by atoms with van der Waals surface area (Å²) in [4.78, 5) is 4.32. The predicted octanol–water partition coefficient (Wildman–Crippen LogP) is 2.33. The molecule has 0 fully saturated rings. The van der Waals surface area contributed by atoms with Gasteiger partial charge in [-0.2, -0.15) is 0 Å². The summed E-state index contributed by atoms with van der Waals surface area (Å²) in [7, 11) is 0. The van der Waals surface area contributed by atoms with Crippen LogP contribution in [0.5, 0.6) is 0 Å². The minimum absolute atomic E-state index is 0.456. The van der Waals surface area contributed by atoms with E-state index in [9.17, 15) is 5.11 Å². The lowest BCUT2D eigenvalue weighted by molar-refractivity contribution is 0.170. The van der Waals surface area contributed by atoms with Gasteiger partial charge in [0, 0.05) is 5.02 Å². The van der Waals surface area contributed by atoms with Gasteiger partial charge in [-0.1, -0.05) is 11.6 Å². The van der Waals surface area contributed by atoms with E-state index in [1.54, 1.807) is 6.07 Å². The highest BCUT2D eigenvalue weighted by atomic mass is 35.5. The summed E-state index contributed by atoms with van der Waals surface area (Å²) >= 11 is 7.33. The van der Waals surface area contributed by atoms with Crippen LogP contribution in [0.15, 0.2) is 18.2 Å². The zero-order chi connectivity index (χ0) is 10.8. The Bertz CT molecular complexity index is 471. The minimum atomic E-state index is -0.564. The van der Waals surface area contributed by atoms with Gasteiger partial charge in [0.15, 0.2) is 0 Å². The minimum Gasteiger partial charge on any atom is -0.386 e. The number of fused-ring (bicyclic) bond motifs is 1. The molecule has 0 aliphatic carbocycles. The molecule has 2 aromatic rings. The molecule has 1 heterocycles. The first kappa shape index (κ1) is 10.8. The van der Waals surface area contributed by atoms with Crippen LogP contribution in [0.3, 0.4) is 0 Å². The van der Waals surface area contributed by atoms with Gasteiger partial charge in [-0.15, -0.1) is 11.3 Å². The summed E-state index contributed by atoms with van der Waals surface area (Å²) in [5.74, 6) is 0. The maximum absolute atomic E-state index is 9.73. The summed E-state index contributed by atoms with van der Waals surface area (Å²) < 4.78 is 1.03. The van der Waals surface area contributed by atoms with Crippen LogP contribution in [0, 0.1) is 0 Å². The summed E-state index contributed by atoms with van der Waals surface area (Å²) in [6, 6.07) is 5.53. The Morgan fingerprint density at radius 1 is 1.53 bits per heavy atom. The summed E-state index contributed by atoms with van der Waals surface area (Å²) in [5.41, 5.74) is 6.21. The number of aliphatic hydroxyl groups excluding tert-OH is 1. The third-order valence-electron chi connectivity index (χ3n) is 2.09. The average Bonchev–Trinajstić information content (AvgIpc) is 2.60. The number of hydrogen-bond acceptors (Lipinski definition) is 4. The molecule has 80 valence electrons. The van der Waals surface area contributed by atoms with Crippen LogP contribution in [0.1, 0.15) is 17.5 Å². The molecule has 0 bridgehead atoms. The van der Waals surface area contributed by atoms with Crippen molar-refractivity contribution in [2.75, 3.05) is 6.54 Å². The molecule has 1 aromatic carbocycles. The quantitative estimate of drug-likeness (QED) is 0.869. The molecule has 3 N–H and O–H groups in total. The molecule has 1 aromatic heterocycles. The van der Waals surface area contributed by atoms with Gasteiger partial charge in [0.1, 0.15) is 11.1 Å². The second-order valence-corrected chi connectivity index (χ2v) is 4.76. The highest BCUT2D eigenvalue weighted by molar-refractivity contribution is 7.18. The van der Waals surface area contributed by atoms with E-state index in [0.717, 1.165) is 10.2 Å². The molecular formula is C10H11ClN2OS. The van der Waals surface area contributed by atoms with Crippen molar-refractivity contribution in [2.24, 2.45) is 5.73 Å². The van der Waals surface area contributed by atoms with Crippen molar-refractivity contribution in [2.45, 2.75) is 12.5 Å². The molecule has 0 spiro atoms. The molecule has 0 radical (unpaired) electrons. The van der Waals surface area contributed by atoms with Crippen LogP contribution >= 0.6 is 22.9 Å². The van der Waals surface area contributed by atoms with Crippen molar-refractivity contribution in [1.29, 1.82) is 0 Å². The molecule has 1 atom stereocenters. The Balaban J connectivity index is 2.38. The number of aliphatic hydroxyl groups is 1. The Hall–Kier alpha value is -0.680. The first-order valence-corrected chi connectivity index (χ1v) is 5.84. The number of halogens is 1. The number of hydrogen-bond donors (Lipinski definition) is 2. The van der Waals surface area contributed by atoms with E-state index < -0.39 is 6.10 Å². The number of aromatic nitrogens is 1. The third-order valence-corrected chi connectivity index (χ3v) is 3.46. The standard InChI is InChI=1S/C10H11ClN2OS/c11-6-1-2-9-7(5-6)13-10(15-9)8(14)3-4-12/h1-2,5,8,14H,3-4,12H2. The highest BCUT2D eigenvalue weighted by Gasteiger charge is 2.12. The molecule has 0 aliphatic heterocycles. The van der Waals surface area contributed by atoms with E-state index in [1.807, 2.05) is 12.1 Å². The van der Waals surface area contributed by atoms with E-state index in [2.05, 4.69) is 4.98 Å². The third kappa shape index (κ3) is 2.29. The van der Waals surface area contributed by atoms with Gasteiger partial charge in [-0.25, -0.2) is 4.98 Å². The van der Waals surface area contributed by atoms with E-state index in [1.165, 1.54) is 11.3 Å². The first-order valence-electron chi connectivity index (χ1n) is 4.65. The van der Waals surface area contributed by atoms with Gasteiger partial charge >= 0.3 is 0 Å². The number of thiazole rings is 1. The van der Waals surface area contributed by atoms with E-state index in [-0.39, 0.29) is 0 Å². The van der Waals surface area contributed by atoms with Crippen molar-refractivity contribution >= 4 is 33.2 Å². The van der Waals surface area contributed by atoms with Crippen molar-refractivity contribution in [3.63, 3.8) is 0 Å². The molecular weight excluding hydrogens is 232 g/mol. The summed E-state index contributed by atoms with van der Waals surface area (Å²) in [6.07, 6.45) is -0.0285. The van der Waals surface area contributed by atoms with Crippen LogP contribution in [-0.2, 0) is 0 Å². The average molecular weight is 243 g/mol.